The van der Waals surface area contributed by atoms with Crippen LogP contribution in [0.5, 0.6) is 5.75 Å². The van der Waals surface area contributed by atoms with Crippen LogP contribution in [0.4, 0.5) is 26.3 Å². The first-order valence-electron chi connectivity index (χ1n) is 12.8. The Balaban J connectivity index is 1.74. The molecule has 14 heteroatoms. The number of likely N-dealkylation sites (tertiary alicyclic amines) is 1. The Morgan fingerprint density at radius 2 is 1.73 bits per heavy atom. The van der Waals surface area contributed by atoms with E-state index in [1.54, 1.807) is 6.92 Å². The number of hydrogen-bond acceptors (Lipinski definition) is 5. The van der Waals surface area contributed by atoms with Crippen molar-refractivity contribution in [2.45, 2.75) is 44.6 Å². The summed E-state index contributed by atoms with van der Waals surface area (Å²) in [5, 5.41) is 11.9. The number of halogens is 6. The Morgan fingerprint density at radius 1 is 1.10 bits per heavy atom. The molecule has 4 rings (SSSR count). The summed E-state index contributed by atoms with van der Waals surface area (Å²) in [5.41, 5.74) is 0.343. The minimum atomic E-state index is -4.71. The predicted molar refractivity (Wildman–Crippen MR) is 136 cm³/mol. The SMILES string of the molecule is CCc1nc2c(cc1-c1ccc(C(F)(F)F)cc1)c(OCC(F)(F)F)c(C(=O)NC1CCN(C(=O)CO)CC1)n2C. The van der Waals surface area contributed by atoms with Crippen LogP contribution in [-0.4, -0.2) is 69.9 Å². The van der Waals surface area contributed by atoms with Crippen LogP contribution >= 0.6 is 0 Å². The van der Waals surface area contributed by atoms with E-state index in [0.29, 0.717) is 36.1 Å². The second-order valence-electron chi connectivity index (χ2n) is 9.71. The number of fused-ring (bicyclic) bond motifs is 1. The largest absolute Gasteiger partial charge is 0.481 e. The van der Waals surface area contributed by atoms with Crippen LogP contribution in [0, 0.1) is 0 Å². The number of amides is 2. The molecule has 1 saturated heterocycles. The highest BCUT2D eigenvalue weighted by Gasteiger charge is 2.34. The molecule has 1 aromatic carbocycles. The van der Waals surface area contributed by atoms with Gasteiger partial charge in [-0.2, -0.15) is 26.3 Å². The highest BCUT2D eigenvalue weighted by atomic mass is 19.4. The van der Waals surface area contributed by atoms with Crippen molar-refractivity contribution in [3.63, 3.8) is 0 Å². The maximum atomic E-state index is 13.4. The second-order valence-corrected chi connectivity index (χ2v) is 9.71. The molecule has 1 aliphatic rings. The Hall–Kier alpha value is -3.81. The summed E-state index contributed by atoms with van der Waals surface area (Å²) < 4.78 is 85.3. The topological polar surface area (TPSA) is 96.7 Å². The number of rotatable bonds is 7. The maximum absolute atomic E-state index is 13.4. The van der Waals surface area contributed by atoms with E-state index in [1.165, 1.54) is 34.7 Å². The first kappa shape index (κ1) is 30.2. The zero-order valence-electron chi connectivity index (χ0n) is 22.2. The molecule has 8 nitrogen and oxygen atoms in total. The fourth-order valence-corrected chi connectivity index (χ4v) is 4.89. The normalized spacial score (nSPS) is 14.9. The van der Waals surface area contributed by atoms with E-state index in [1.807, 2.05) is 0 Å². The smallest absolute Gasteiger partial charge is 0.422 e. The van der Waals surface area contributed by atoms with Gasteiger partial charge in [-0.25, -0.2) is 4.98 Å². The molecule has 0 aliphatic carbocycles. The molecular formula is C27H28F6N4O4. The molecule has 2 N–H and O–H groups in total. The van der Waals surface area contributed by atoms with Gasteiger partial charge < -0.3 is 24.6 Å². The fourth-order valence-electron chi connectivity index (χ4n) is 4.89. The van der Waals surface area contributed by atoms with Crippen LogP contribution < -0.4 is 10.1 Å². The molecule has 1 fully saturated rings. The molecule has 0 saturated carbocycles. The number of piperidine rings is 1. The summed E-state index contributed by atoms with van der Waals surface area (Å²) in [6, 6.07) is 5.41. The summed E-state index contributed by atoms with van der Waals surface area (Å²) in [5.74, 6) is -1.50. The predicted octanol–water partition coefficient (Wildman–Crippen LogP) is 4.48. The lowest BCUT2D eigenvalue weighted by molar-refractivity contribution is -0.153. The number of pyridine rings is 1. The van der Waals surface area contributed by atoms with E-state index in [9.17, 15) is 35.9 Å². The number of aliphatic hydroxyl groups excluding tert-OH is 1. The van der Waals surface area contributed by atoms with Gasteiger partial charge in [0.2, 0.25) is 5.91 Å². The van der Waals surface area contributed by atoms with Crippen molar-refractivity contribution < 1.29 is 45.8 Å². The minimum Gasteiger partial charge on any atom is -0.481 e. The molecule has 0 bridgehead atoms. The van der Waals surface area contributed by atoms with Crippen LogP contribution in [0.25, 0.3) is 22.2 Å². The third-order valence-electron chi connectivity index (χ3n) is 6.97. The van der Waals surface area contributed by atoms with Crippen LogP contribution in [0.2, 0.25) is 0 Å². The standard InChI is InChI=1S/C27H28F6N4O4/c1-3-20-18(15-4-6-16(7-5-15)27(31,32)33)12-19-23(41-14-26(28,29)30)22(36(2)24(19)35-20)25(40)34-17-8-10-37(11-9-17)21(39)13-38/h4-7,12,17,38H,3,8-11,13-14H2,1-2H3,(H,34,40). The van der Waals surface area contributed by atoms with E-state index in [4.69, 9.17) is 9.84 Å². The van der Waals surface area contributed by atoms with Gasteiger partial charge in [-0.15, -0.1) is 0 Å². The van der Waals surface area contributed by atoms with Crippen molar-refractivity contribution >= 4 is 22.8 Å². The Labute approximate surface area is 230 Å². The number of aryl methyl sites for hydroxylation is 2. The van der Waals surface area contributed by atoms with E-state index in [-0.39, 0.29) is 41.6 Å². The summed E-state index contributed by atoms with van der Waals surface area (Å²) in [7, 11) is 1.46. The summed E-state index contributed by atoms with van der Waals surface area (Å²) in [6.45, 7) is 0.0319. The fraction of sp³-hybridized carbons (Fsp3) is 0.444. The molecule has 0 atom stereocenters. The van der Waals surface area contributed by atoms with Crippen molar-refractivity contribution in [1.29, 1.82) is 0 Å². The maximum Gasteiger partial charge on any atom is 0.422 e. The van der Waals surface area contributed by atoms with Crippen molar-refractivity contribution in [2.24, 2.45) is 7.05 Å². The molecule has 0 radical (unpaired) electrons. The lowest BCUT2D eigenvalue weighted by atomic mass is 10.00. The van der Waals surface area contributed by atoms with Gasteiger partial charge in [0.1, 0.15) is 12.3 Å². The van der Waals surface area contributed by atoms with E-state index >= 15 is 0 Å². The second kappa shape index (κ2) is 11.6. The Morgan fingerprint density at radius 3 is 2.27 bits per heavy atom. The van der Waals surface area contributed by atoms with E-state index in [2.05, 4.69) is 10.3 Å². The number of aromatic nitrogens is 2. The monoisotopic (exact) mass is 586 g/mol. The zero-order chi connectivity index (χ0) is 30.1. The molecule has 41 heavy (non-hydrogen) atoms. The molecule has 2 aromatic heterocycles. The van der Waals surface area contributed by atoms with Gasteiger partial charge in [0.15, 0.2) is 18.1 Å². The van der Waals surface area contributed by atoms with Crippen molar-refractivity contribution in [3.05, 3.63) is 47.3 Å². The summed E-state index contributed by atoms with van der Waals surface area (Å²) in [6.07, 6.45) is -8.16. The third kappa shape index (κ3) is 6.58. The van der Waals surface area contributed by atoms with Crippen LogP contribution in [0.1, 0.15) is 41.5 Å². The molecule has 0 spiro atoms. The number of alkyl halides is 6. The molecular weight excluding hydrogens is 558 g/mol. The van der Waals surface area contributed by atoms with Gasteiger partial charge in [-0.3, -0.25) is 9.59 Å². The lowest BCUT2D eigenvalue weighted by Crippen LogP contribution is -2.47. The lowest BCUT2D eigenvalue weighted by Gasteiger charge is -2.32. The number of carbonyl (C=O) groups is 2. The zero-order valence-corrected chi connectivity index (χ0v) is 22.2. The number of aliphatic hydroxyl groups is 1. The van der Waals surface area contributed by atoms with Crippen molar-refractivity contribution in [3.8, 4) is 16.9 Å². The number of carbonyl (C=O) groups excluding carboxylic acids is 2. The van der Waals surface area contributed by atoms with Gasteiger partial charge in [0, 0.05) is 31.7 Å². The number of nitrogens with one attached hydrogen (secondary N) is 1. The summed E-state index contributed by atoms with van der Waals surface area (Å²) in [4.78, 5) is 31.2. The number of hydrogen-bond donors (Lipinski definition) is 2. The average molecular weight is 587 g/mol. The number of benzene rings is 1. The van der Waals surface area contributed by atoms with Gasteiger partial charge in [-0.05, 0) is 43.0 Å². The highest BCUT2D eigenvalue weighted by Crippen LogP contribution is 2.38. The van der Waals surface area contributed by atoms with Gasteiger partial charge in [-0.1, -0.05) is 19.1 Å². The van der Waals surface area contributed by atoms with E-state index < -0.39 is 42.9 Å². The van der Waals surface area contributed by atoms with Crippen LogP contribution in [0.3, 0.4) is 0 Å². The molecule has 3 heterocycles. The molecule has 1 aliphatic heterocycles. The number of ether oxygens (including phenoxy) is 1. The Bertz CT molecular complexity index is 1430. The van der Waals surface area contributed by atoms with Gasteiger partial charge in [0.25, 0.3) is 5.91 Å². The van der Waals surface area contributed by atoms with Crippen molar-refractivity contribution in [1.82, 2.24) is 19.8 Å². The third-order valence-corrected chi connectivity index (χ3v) is 6.97. The first-order valence-corrected chi connectivity index (χ1v) is 12.8. The average Bonchev–Trinajstić information content (AvgIpc) is 3.20. The Kier molecular flexibility index (Phi) is 8.52. The van der Waals surface area contributed by atoms with Crippen LogP contribution in [0.15, 0.2) is 30.3 Å². The minimum absolute atomic E-state index is 0.0948. The molecule has 3 aromatic rings. The molecule has 222 valence electrons. The quantitative estimate of drug-likeness (QED) is 0.399. The highest BCUT2D eigenvalue weighted by molar-refractivity contribution is 6.04. The molecule has 2 amide bonds. The van der Waals surface area contributed by atoms with Gasteiger partial charge >= 0.3 is 12.4 Å². The van der Waals surface area contributed by atoms with Gasteiger partial charge in [0.05, 0.1) is 16.6 Å². The van der Waals surface area contributed by atoms with Crippen LogP contribution in [-0.2, 0) is 24.4 Å². The van der Waals surface area contributed by atoms with E-state index in [0.717, 1.165) is 12.1 Å². The molecule has 0 unspecified atom stereocenters. The van der Waals surface area contributed by atoms with Crippen molar-refractivity contribution in [2.75, 3.05) is 26.3 Å². The summed E-state index contributed by atoms with van der Waals surface area (Å²) >= 11 is 0. The number of nitrogens with zero attached hydrogens (tertiary/aromatic N) is 3. The first-order chi connectivity index (χ1) is 19.2.